The van der Waals surface area contributed by atoms with E-state index in [2.05, 4.69) is 49.9 Å². The molecule has 0 bridgehead atoms. The van der Waals surface area contributed by atoms with Gasteiger partial charge in [-0.1, -0.05) is 39.0 Å². The van der Waals surface area contributed by atoms with Crippen LogP contribution in [0, 0.1) is 10.8 Å². The fraction of sp³-hybridized carbons (Fsp3) is 0.571. The molecule has 2 heteroatoms. The summed E-state index contributed by atoms with van der Waals surface area (Å²) in [5, 5.41) is 9.60. The van der Waals surface area contributed by atoms with E-state index in [0.29, 0.717) is 0 Å². The van der Waals surface area contributed by atoms with Gasteiger partial charge in [0.25, 0.3) is 0 Å². The summed E-state index contributed by atoms with van der Waals surface area (Å²) in [6, 6.07) is 10.4. The van der Waals surface area contributed by atoms with E-state index >= 15 is 0 Å². The van der Waals surface area contributed by atoms with Crippen LogP contribution in [0.15, 0.2) is 30.3 Å². The van der Waals surface area contributed by atoms with Crippen LogP contribution < -0.4 is 4.90 Å². The van der Waals surface area contributed by atoms with Crippen molar-refractivity contribution in [3.63, 3.8) is 0 Å². The molecule has 0 saturated carbocycles. The molecule has 1 atom stereocenters. The first kappa shape index (κ1) is 11.5. The molecule has 1 N–H and O–H groups in total. The van der Waals surface area contributed by atoms with Crippen molar-refractivity contribution < 1.29 is 5.11 Å². The molecule has 0 aliphatic carbocycles. The molecular weight excluding hydrogens is 198 g/mol. The third-order valence-corrected chi connectivity index (χ3v) is 4.23. The van der Waals surface area contributed by atoms with Crippen molar-refractivity contribution in [2.75, 3.05) is 24.6 Å². The van der Waals surface area contributed by atoms with Gasteiger partial charge >= 0.3 is 0 Å². The van der Waals surface area contributed by atoms with Crippen LogP contribution in [0.4, 0.5) is 5.69 Å². The minimum Gasteiger partial charge on any atom is -0.396 e. The summed E-state index contributed by atoms with van der Waals surface area (Å²) in [7, 11) is 0. The molecule has 1 heterocycles. The van der Waals surface area contributed by atoms with Gasteiger partial charge in [-0.3, -0.25) is 0 Å². The first-order valence-corrected chi connectivity index (χ1v) is 5.89. The van der Waals surface area contributed by atoms with Crippen LogP contribution in [0.1, 0.15) is 20.8 Å². The molecule has 2 nitrogen and oxygen atoms in total. The number of para-hydroxylation sites is 1. The third kappa shape index (κ3) is 1.71. The number of aliphatic hydroxyl groups is 1. The second-order valence-corrected chi connectivity index (χ2v) is 5.79. The number of hydrogen-bond acceptors (Lipinski definition) is 2. The van der Waals surface area contributed by atoms with E-state index < -0.39 is 0 Å². The smallest absolute Gasteiger partial charge is 0.0507 e. The predicted molar refractivity (Wildman–Crippen MR) is 67.6 cm³/mol. The molecule has 1 aromatic rings. The van der Waals surface area contributed by atoms with Gasteiger partial charge in [-0.2, -0.15) is 0 Å². The van der Waals surface area contributed by atoms with E-state index in [-0.39, 0.29) is 17.4 Å². The highest BCUT2D eigenvalue weighted by molar-refractivity contribution is 5.48. The summed E-state index contributed by atoms with van der Waals surface area (Å²) in [5.41, 5.74) is 1.40. The molecule has 0 aromatic heterocycles. The van der Waals surface area contributed by atoms with Crippen molar-refractivity contribution in [3.05, 3.63) is 30.3 Å². The Bertz CT molecular complexity index is 360. The number of hydrogen-bond donors (Lipinski definition) is 1. The number of aliphatic hydroxyl groups excluding tert-OH is 1. The van der Waals surface area contributed by atoms with E-state index in [0.717, 1.165) is 13.1 Å². The van der Waals surface area contributed by atoms with E-state index in [9.17, 15) is 5.11 Å². The van der Waals surface area contributed by atoms with Crippen molar-refractivity contribution in [3.8, 4) is 0 Å². The molecule has 0 spiro atoms. The normalized spacial score (nSPS) is 28.4. The first-order valence-electron chi connectivity index (χ1n) is 5.89. The van der Waals surface area contributed by atoms with Crippen LogP contribution in [-0.4, -0.2) is 24.8 Å². The molecule has 1 fully saturated rings. The Morgan fingerprint density at radius 2 is 1.75 bits per heavy atom. The van der Waals surface area contributed by atoms with Gasteiger partial charge in [-0.05, 0) is 17.5 Å². The van der Waals surface area contributed by atoms with E-state index in [1.54, 1.807) is 0 Å². The second-order valence-electron chi connectivity index (χ2n) is 5.79. The second kappa shape index (κ2) is 3.77. The molecule has 0 radical (unpaired) electrons. The largest absolute Gasteiger partial charge is 0.396 e. The van der Waals surface area contributed by atoms with E-state index in [1.807, 2.05) is 6.07 Å². The predicted octanol–water partition coefficient (Wildman–Crippen LogP) is 2.53. The standard InChI is InChI=1S/C14H21NO/c1-13(2)9-15(10-14(13,3)11-16)12-7-5-4-6-8-12/h4-8,16H,9-11H2,1-3H3. The maximum absolute atomic E-state index is 9.60. The summed E-state index contributed by atoms with van der Waals surface area (Å²) < 4.78 is 0. The Morgan fingerprint density at radius 1 is 1.12 bits per heavy atom. The highest BCUT2D eigenvalue weighted by atomic mass is 16.3. The van der Waals surface area contributed by atoms with Crippen LogP contribution in [0.25, 0.3) is 0 Å². The number of anilines is 1. The van der Waals surface area contributed by atoms with Gasteiger partial charge in [0.05, 0.1) is 6.61 Å². The van der Waals surface area contributed by atoms with E-state index in [4.69, 9.17) is 0 Å². The van der Waals surface area contributed by atoms with Gasteiger partial charge in [0, 0.05) is 24.2 Å². The third-order valence-electron chi connectivity index (χ3n) is 4.23. The minimum atomic E-state index is -0.0111. The highest BCUT2D eigenvalue weighted by Gasteiger charge is 2.48. The quantitative estimate of drug-likeness (QED) is 0.826. The Morgan fingerprint density at radius 3 is 2.25 bits per heavy atom. The lowest BCUT2D eigenvalue weighted by molar-refractivity contribution is 0.0670. The van der Waals surface area contributed by atoms with Gasteiger partial charge in [0.15, 0.2) is 0 Å². The van der Waals surface area contributed by atoms with Crippen LogP contribution >= 0.6 is 0 Å². The fourth-order valence-electron chi connectivity index (χ4n) is 2.44. The Hall–Kier alpha value is -1.02. The summed E-state index contributed by atoms with van der Waals surface area (Å²) in [4.78, 5) is 2.37. The van der Waals surface area contributed by atoms with Crippen molar-refractivity contribution >= 4 is 5.69 Å². The molecule has 1 saturated heterocycles. The number of rotatable bonds is 2. The lowest BCUT2D eigenvalue weighted by Gasteiger charge is -2.34. The molecule has 1 aliphatic heterocycles. The van der Waals surface area contributed by atoms with Crippen molar-refractivity contribution in [1.82, 2.24) is 0 Å². The minimum absolute atomic E-state index is 0.0111. The molecule has 16 heavy (non-hydrogen) atoms. The van der Waals surface area contributed by atoms with Gasteiger partial charge in [-0.15, -0.1) is 0 Å². The Balaban J connectivity index is 2.25. The lowest BCUT2D eigenvalue weighted by Crippen LogP contribution is -2.36. The summed E-state index contributed by atoms with van der Waals surface area (Å²) >= 11 is 0. The molecule has 2 rings (SSSR count). The molecular formula is C14H21NO. The van der Waals surface area contributed by atoms with Crippen LogP contribution in [0.2, 0.25) is 0 Å². The van der Waals surface area contributed by atoms with Crippen LogP contribution in [0.3, 0.4) is 0 Å². The fourth-order valence-corrected chi connectivity index (χ4v) is 2.44. The maximum Gasteiger partial charge on any atom is 0.0507 e. The summed E-state index contributed by atoms with van der Waals surface area (Å²) in [6.07, 6.45) is 0. The molecule has 0 amide bonds. The highest BCUT2D eigenvalue weighted by Crippen LogP contribution is 2.46. The van der Waals surface area contributed by atoms with Gasteiger partial charge < -0.3 is 10.0 Å². The Labute approximate surface area is 97.9 Å². The van der Waals surface area contributed by atoms with Gasteiger partial charge in [0.2, 0.25) is 0 Å². The van der Waals surface area contributed by atoms with Crippen molar-refractivity contribution in [2.24, 2.45) is 10.8 Å². The molecule has 1 unspecified atom stereocenters. The SMILES string of the molecule is CC1(C)CN(c2ccccc2)CC1(C)CO. The molecule has 1 aliphatic rings. The zero-order chi connectivity index (χ0) is 11.8. The zero-order valence-corrected chi connectivity index (χ0v) is 10.4. The lowest BCUT2D eigenvalue weighted by atomic mass is 9.70. The first-order chi connectivity index (χ1) is 7.48. The van der Waals surface area contributed by atoms with Crippen molar-refractivity contribution in [2.45, 2.75) is 20.8 Å². The molecule has 88 valence electrons. The molecule has 1 aromatic carbocycles. The zero-order valence-electron chi connectivity index (χ0n) is 10.4. The number of nitrogens with zero attached hydrogens (tertiary/aromatic N) is 1. The van der Waals surface area contributed by atoms with Crippen LogP contribution in [0.5, 0.6) is 0 Å². The summed E-state index contributed by atoms with van der Waals surface area (Å²) in [5.74, 6) is 0. The Kier molecular flexibility index (Phi) is 2.70. The number of benzene rings is 1. The van der Waals surface area contributed by atoms with Crippen LogP contribution in [-0.2, 0) is 0 Å². The van der Waals surface area contributed by atoms with Crippen molar-refractivity contribution in [1.29, 1.82) is 0 Å². The van der Waals surface area contributed by atoms with Gasteiger partial charge in [-0.25, -0.2) is 0 Å². The van der Waals surface area contributed by atoms with E-state index in [1.165, 1.54) is 5.69 Å². The van der Waals surface area contributed by atoms with Gasteiger partial charge in [0.1, 0.15) is 0 Å². The average Bonchev–Trinajstić information content (AvgIpc) is 2.52. The monoisotopic (exact) mass is 219 g/mol. The topological polar surface area (TPSA) is 23.5 Å². The average molecular weight is 219 g/mol. The maximum atomic E-state index is 9.60. The summed E-state index contributed by atoms with van der Waals surface area (Å²) in [6.45, 7) is 8.85.